The minimum absolute atomic E-state index is 0.126. The summed E-state index contributed by atoms with van der Waals surface area (Å²) in [5, 5.41) is 2.99. The van der Waals surface area contributed by atoms with Crippen LogP contribution in [0.4, 0.5) is 11.6 Å². The number of anilines is 2. The van der Waals surface area contributed by atoms with Gasteiger partial charge in [0.05, 0.1) is 37.1 Å². The molecule has 4 rings (SSSR count). The number of methoxy groups -OCH3 is 1. The summed E-state index contributed by atoms with van der Waals surface area (Å²) < 4.78 is 16.2. The third-order valence-electron chi connectivity index (χ3n) is 5.10. The summed E-state index contributed by atoms with van der Waals surface area (Å²) >= 11 is 0. The van der Waals surface area contributed by atoms with E-state index in [4.69, 9.17) is 14.2 Å². The molecule has 1 amide bonds. The van der Waals surface area contributed by atoms with Gasteiger partial charge in [-0.2, -0.15) is 0 Å². The Bertz CT molecular complexity index is 886. The number of esters is 1. The summed E-state index contributed by atoms with van der Waals surface area (Å²) in [6, 6.07) is 6.90. The third kappa shape index (κ3) is 4.06. The first-order valence-corrected chi connectivity index (χ1v) is 9.44. The number of amides is 1. The van der Waals surface area contributed by atoms with Crippen molar-refractivity contribution < 1.29 is 23.8 Å². The van der Waals surface area contributed by atoms with Crippen LogP contribution in [-0.4, -0.2) is 65.9 Å². The van der Waals surface area contributed by atoms with E-state index in [2.05, 4.69) is 15.3 Å². The van der Waals surface area contributed by atoms with Gasteiger partial charge in [-0.1, -0.05) is 12.1 Å². The monoisotopic (exact) mass is 398 g/mol. The summed E-state index contributed by atoms with van der Waals surface area (Å²) in [6.07, 6.45) is 4.27. The normalized spacial score (nSPS) is 17.9. The summed E-state index contributed by atoms with van der Waals surface area (Å²) in [5.74, 6) is -0.825. The molecule has 2 fully saturated rings. The molecule has 0 saturated carbocycles. The van der Waals surface area contributed by atoms with Crippen LogP contribution in [0.2, 0.25) is 0 Å². The first-order valence-electron chi connectivity index (χ1n) is 9.44. The lowest BCUT2D eigenvalue weighted by atomic mass is 10.0. The largest absolute Gasteiger partial charge is 0.465 e. The molecule has 9 heteroatoms. The molecular formula is C20H22N4O5. The number of likely N-dealkylation sites (tertiary alicyclic amines) is 1. The van der Waals surface area contributed by atoms with Gasteiger partial charge in [0.25, 0.3) is 5.91 Å². The van der Waals surface area contributed by atoms with E-state index in [1.54, 1.807) is 29.2 Å². The summed E-state index contributed by atoms with van der Waals surface area (Å²) in [6.45, 7) is 2.33. The fourth-order valence-electron chi connectivity index (χ4n) is 3.52. The van der Waals surface area contributed by atoms with Crippen molar-refractivity contribution in [3.63, 3.8) is 0 Å². The number of carbonyl (C=O) groups excluding carboxylic acids is 2. The van der Waals surface area contributed by atoms with Gasteiger partial charge in [0.2, 0.25) is 5.95 Å². The van der Waals surface area contributed by atoms with Crippen molar-refractivity contribution in [3.05, 3.63) is 47.8 Å². The van der Waals surface area contributed by atoms with E-state index in [9.17, 15) is 9.59 Å². The zero-order valence-electron chi connectivity index (χ0n) is 16.1. The first kappa shape index (κ1) is 19.3. The van der Waals surface area contributed by atoms with Crippen LogP contribution in [0.15, 0.2) is 36.7 Å². The number of hydrogen-bond acceptors (Lipinski definition) is 8. The van der Waals surface area contributed by atoms with Crippen LogP contribution in [0.5, 0.6) is 0 Å². The van der Waals surface area contributed by atoms with Crippen molar-refractivity contribution in [1.29, 1.82) is 0 Å². The second-order valence-corrected chi connectivity index (χ2v) is 6.86. The van der Waals surface area contributed by atoms with E-state index in [-0.39, 0.29) is 11.9 Å². The average Bonchev–Trinajstić information content (AvgIpc) is 3.22. The molecule has 0 atom stereocenters. The predicted octanol–water partition coefficient (Wildman–Crippen LogP) is 1.99. The fraction of sp³-hybridized carbons (Fsp3) is 0.400. The Morgan fingerprint density at radius 3 is 2.41 bits per heavy atom. The van der Waals surface area contributed by atoms with Crippen molar-refractivity contribution in [2.45, 2.75) is 18.6 Å². The molecule has 2 aliphatic rings. The summed E-state index contributed by atoms with van der Waals surface area (Å²) in [5.41, 5.74) is 1.30. The Morgan fingerprint density at radius 1 is 1.10 bits per heavy atom. The van der Waals surface area contributed by atoms with E-state index in [0.717, 1.165) is 0 Å². The molecule has 9 nitrogen and oxygen atoms in total. The van der Waals surface area contributed by atoms with Gasteiger partial charge in [0.15, 0.2) is 5.79 Å². The molecule has 3 heterocycles. The van der Waals surface area contributed by atoms with Gasteiger partial charge in [0, 0.05) is 38.3 Å². The number of rotatable bonds is 4. The number of para-hydroxylation sites is 1. The van der Waals surface area contributed by atoms with Crippen LogP contribution in [0.3, 0.4) is 0 Å². The molecule has 2 aromatic rings. The second kappa shape index (κ2) is 8.14. The quantitative estimate of drug-likeness (QED) is 0.780. The van der Waals surface area contributed by atoms with Crippen molar-refractivity contribution in [2.75, 3.05) is 38.7 Å². The number of hydrogen-bond donors (Lipinski definition) is 1. The van der Waals surface area contributed by atoms with E-state index in [1.807, 2.05) is 0 Å². The molecule has 1 aromatic heterocycles. The van der Waals surface area contributed by atoms with Gasteiger partial charge in [-0.3, -0.25) is 4.79 Å². The van der Waals surface area contributed by atoms with Crippen LogP contribution in [-0.2, 0) is 14.2 Å². The summed E-state index contributed by atoms with van der Waals surface area (Å²) in [4.78, 5) is 34.8. The third-order valence-corrected chi connectivity index (χ3v) is 5.10. The Kier molecular flexibility index (Phi) is 5.41. The number of nitrogens with zero attached hydrogens (tertiary/aromatic N) is 3. The molecule has 152 valence electrons. The molecular weight excluding hydrogens is 376 g/mol. The standard InChI is InChI=1S/C20H22N4O5/c1-27-18(26)15-4-2-3-5-16(15)23-19-21-12-14(13-22-19)17(25)24-8-6-20(7-9-24)28-10-11-29-20/h2-5,12-13H,6-11H2,1H3,(H,21,22,23). The van der Waals surface area contributed by atoms with Crippen LogP contribution in [0.25, 0.3) is 0 Å². The smallest absolute Gasteiger partial charge is 0.339 e. The Labute approximate surface area is 168 Å². The number of nitrogens with one attached hydrogen (secondary N) is 1. The molecule has 0 radical (unpaired) electrons. The highest BCUT2D eigenvalue weighted by atomic mass is 16.7. The minimum atomic E-state index is -0.520. The van der Waals surface area contributed by atoms with Gasteiger partial charge in [-0.15, -0.1) is 0 Å². The highest BCUT2D eigenvalue weighted by molar-refractivity contribution is 5.96. The van der Waals surface area contributed by atoms with E-state index in [0.29, 0.717) is 56.0 Å². The molecule has 29 heavy (non-hydrogen) atoms. The van der Waals surface area contributed by atoms with E-state index < -0.39 is 11.8 Å². The van der Waals surface area contributed by atoms with Gasteiger partial charge in [-0.05, 0) is 12.1 Å². The van der Waals surface area contributed by atoms with Gasteiger partial charge >= 0.3 is 5.97 Å². The maximum Gasteiger partial charge on any atom is 0.339 e. The summed E-state index contributed by atoms with van der Waals surface area (Å²) in [7, 11) is 1.32. The van der Waals surface area contributed by atoms with Crippen LogP contribution in [0, 0.1) is 0 Å². The zero-order chi connectivity index (χ0) is 20.3. The van der Waals surface area contributed by atoms with Crippen molar-refractivity contribution in [3.8, 4) is 0 Å². The number of benzene rings is 1. The van der Waals surface area contributed by atoms with Gasteiger partial charge in [0.1, 0.15) is 0 Å². The highest BCUT2D eigenvalue weighted by Crippen LogP contribution is 2.31. The number of piperidine rings is 1. The van der Waals surface area contributed by atoms with Crippen LogP contribution >= 0.6 is 0 Å². The molecule has 1 aromatic carbocycles. The molecule has 2 saturated heterocycles. The van der Waals surface area contributed by atoms with Crippen molar-refractivity contribution in [2.24, 2.45) is 0 Å². The molecule has 1 N–H and O–H groups in total. The molecule has 0 bridgehead atoms. The number of ether oxygens (including phenoxy) is 3. The maximum atomic E-state index is 12.7. The topological polar surface area (TPSA) is 103 Å². The Hall–Kier alpha value is -3.04. The molecule has 0 aliphatic carbocycles. The highest BCUT2D eigenvalue weighted by Gasteiger charge is 2.40. The predicted molar refractivity (Wildman–Crippen MR) is 103 cm³/mol. The van der Waals surface area contributed by atoms with Crippen molar-refractivity contribution >= 4 is 23.5 Å². The maximum absolute atomic E-state index is 12.7. The molecule has 1 spiro atoms. The lowest BCUT2D eigenvalue weighted by Crippen LogP contribution is -2.47. The van der Waals surface area contributed by atoms with Crippen LogP contribution < -0.4 is 5.32 Å². The van der Waals surface area contributed by atoms with Crippen LogP contribution in [0.1, 0.15) is 33.6 Å². The van der Waals surface area contributed by atoms with Gasteiger partial charge < -0.3 is 24.4 Å². The molecule has 0 unspecified atom stereocenters. The lowest BCUT2D eigenvalue weighted by Gasteiger charge is -2.37. The number of aromatic nitrogens is 2. The average molecular weight is 398 g/mol. The minimum Gasteiger partial charge on any atom is -0.465 e. The second-order valence-electron chi connectivity index (χ2n) is 6.86. The van der Waals surface area contributed by atoms with E-state index >= 15 is 0 Å². The Balaban J connectivity index is 1.41. The first-order chi connectivity index (χ1) is 14.1. The zero-order valence-corrected chi connectivity index (χ0v) is 16.1. The number of carbonyl (C=O) groups is 2. The van der Waals surface area contributed by atoms with Crippen molar-refractivity contribution in [1.82, 2.24) is 14.9 Å². The fourth-order valence-corrected chi connectivity index (χ4v) is 3.52. The van der Waals surface area contributed by atoms with E-state index in [1.165, 1.54) is 19.5 Å². The molecule has 2 aliphatic heterocycles. The lowest BCUT2D eigenvalue weighted by molar-refractivity contribution is -0.181. The Morgan fingerprint density at radius 2 is 1.76 bits per heavy atom. The SMILES string of the molecule is COC(=O)c1ccccc1Nc1ncc(C(=O)N2CCC3(CC2)OCCO3)cn1. The van der Waals surface area contributed by atoms with Gasteiger partial charge in [-0.25, -0.2) is 14.8 Å².